The molecule has 0 atom stereocenters. The molecule has 1 aromatic heterocycles. The number of benzene rings is 1. The summed E-state index contributed by atoms with van der Waals surface area (Å²) in [6.07, 6.45) is 6.61. The lowest BCUT2D eigenvalue weighted by atomic mass is 10.1. The van der Waals surface area contributed by atoms with Crippen molar-refractivity contribution < 1.29 is 27.7 Å². The van der Waals surface area contributed by atoms with E-state index in [4.69, 9.17) is 14.2 Å². The van der Waals surface area contributed by atoms with E-state index in [2.05, 4.69) is 25.3 Å². The highest BCUT2D eigenvalue weighted by Gasteiger charge is 2.20. The Morgan fingerprint density at radius 3 is 2.59 bits per heavy atom. The molecule has 1 aromatic carbocycles. The number of aliphatic imine (C=N–C) groups is 1. The van der Waals surface area contributed by atoms with E-state index in [9.17, 15) is 8.78 Å². The molecule has 2 heterocycles. The zero-order chi connectivity index (χ0) is 22.3. The van der Waals surface area contributed by atoms with Gasteiger partial charge in [0, 0.05) is 44.0 Å². The molecular formula is C22H26F2N4O4. The van der Waals surface area contributed by atoms with E-state index in [1.165, 1.54) is 18.9 Å². The van der Waals surface area contributed by atoms with Gasteiger partial charge in [-0.15, -0.1) is 0 Å². The summed E-state index contributed by atoms with van der Waals surface area (Å²) in [4.78, 5) is 8.55. The van der Waals surface area contributed by atoms with E-state index in [0.717, 1.165) is 18.4 Å². The first kappa shape index (κ1) is 21.9. The Hall–Kier alpha value is -3.30. The summed E-state index contributed by atoms with van der Waals surface area (Å²) >= 11 is 0. The maximum Gasteiger partial charge on any atom is 0.387 e. The Morgan fingerprint density at radius 1 is 1.16 bits per heavy atom. The van der Waals surface area contributed by atoms with Gasteiger partial charge in [0.2, 0.25) is 12.7 Å². The van der Waals surface area contributed by atoms with Crippen LogP contribution >= 0.6 is 0 Å². The molecule has 0 radical (unpaired) electrons. The summed E-state index contributed by atoms with van der Waals surface area (Å²) in [5.41, 5.74) is 1.45. The smallest absolute Gasteiger partial charge is 0.387 e. The number of hydrogen-bond acceptors (Lipinski definition) is 6. The molecule has 1 aliphatic carbocycles. The fourth-order valence-corrected chi connectivity index (χ4v) is 3.66. The fourth-order valence-electron chi connectivity index (χ4n) is 3.66. The molecule has 1 fully saturated rings. The van der Waals surface area contributed by atoms with Gasteiger partial charge in [-0.1, -0.05) is 6.07 Å². The van der Waals surface area contributed by atoms with Crippen molar-refractivity contribution in [2.24, 2.45) is 4.99 Å². The van der Waals surface area contributed by atoms with Gasteiger partial charge in [0.1, 0.15) is 11.9 Å². The van der Waals surface area contributed by atoms with Gasteiger partial charge in [0.05, 0.1) is 0 Å². The summed E-state index contributed by atoms with van der Waals surface area (Å²) in [6, 6.07) is 6.84. The Balaban J connectivity index is 1.31. The SMILES string of the molecule is CN=C(NCc1ccc(OC2CCCC2)nc1)NCc1cc2c(cc1OC(F)F)OCO2. The van der Waals surface area contributed by atoms with E-state index >= 15 is 0 Å². The summed E-state index contributed by atoms with van der Waals surface area (Å²) in [6.45, 7) is -2.22. The second kappa shape index (κ2) is 10.3. The van der Waals surface area contributed by atoms with Crippen LogP contribution in [0.1, 0.15) is 36.8 Å². The van der Waals surface area contributed by atoms with Crippen molar-refractivity contribution in [3.8, 4) is 23.1 Å². The molecule has 172 valence electrons. The molecule has 0 bridgehead atoms. The number of halogens is 2. The third-order valence-electron chi connectivity index (χ3n) is 5.29. The van der Waals surface area contributed by atoms with Crippen LogP contribution in [0.3, 0.4) is 0 Å². The summed E-state index contributed by atoms with van der Waals surface area (Å²) in [5, 5.41) is 6.27. The minimum atomic E-state index is -2.94. The Bertz CT molecular complexity index is 934. The average Bonchev–Trinajstić information content (AvgIpc) is 3.46. The lowest BCUT2D eigenvalue weighted by Gasteiger charge is -2.15. The number of guanidine groups is 1. The van der Waals surface area contributed by atoms with Crippen LogP contribution in [0.5, 0.6) is 23.1 Å². The van der Waals surface area contributed by atoms with Gasteiger partial charge in [-0.25, -0.2) is 4.98 Å². The van der Waals surface area contributed by atoms with Crippen molar-refractivity contribution in [3.05, 3.63) is 41.6 Å². The van der Waals surface area contributed by atoms with Crippen LogP contribution in [0.15, 0.2) is 35.5 Å². The highest BCUT2D eigenvalue weighted by Crippen LogP contribution is 2.38. The van der Waals surface area contributed by atoms with Crippen LogP contribution in [0.2, 0.25) is 0 Å². The molecule has 0 spiro atoms. The first-order valence-corrected chi connectivity index (χ1v) is 10.5. The molecule has 0 saturated heterocycles. The second-order valence-electron chi connectivity index (χ2n) is 7.50. The number of rotatable bonds is 8. The van der Waals surface area contributed by atoms with Crippen LogP contribution in [0.4, 0.5) is 8.78 Å². The summed E-state index contributed by atoms with van der Waals surface area (Å²) in [5.74, 6) is 2.01. The van der Waals surface area contributed by atoms with Gasteiger partial charge < -0.3 is 29.6 Å². The van der Waals surface area contributed by atoms with Gasteiger partial charge in [-0.05, 0) is 37.3 Å². The zero-order valence-corrected chi connectivity index (χ0v) is 17.8. The van der Waals surface area contributed by atoms with Gasteiger partial charge >= 0.3 is 6.61 Å². The summed E-state index contributed by atoms with van der Waals surface area (Å²) in [7, 11) is 1.63. The third kappa shape index (κ3) is 5.68. The molecule has 4 rings (SSSR count). The average molecular weight is 448 g/mol. The maximum absolute atomic E-state index is 12.8. The first-order chi connectivity index (χ1) is 15.6. The van der Waals surface area contributed by atoms with Crippen molar-refractivity contribution >= 4 is 5.96 Å². The Labute approximate surface area is 184 Å². The highest BCUT2D eigenvalue weighted by molar-refractivity contribution is 5.79. The van der Waals surface area contributed by atoms with E-state index in [1.54, 1.807) is 19.3 Å². The van der Waals surface area contributed by atoms with E-state index in [-0.39, 0.29) is 25.2 Å². The lowest BCUT2D eigenvalue weighted by Crippen LogP contribution is -2.36. The first-order valence-electron chi connectivity index (χ1n) is 10.5. The van der Waals surface area contributed by atoms with Gasteiger partial charge in [0.15, 0.2) is 17.5 Å². The Kier molecular flexibility index (Phi) is 7.08. The number of fused-ring (bicyclic) bond motifs is 1. The van der Waals surface area contributed by atoms with E-state index < -0.39 is 6.61 Å². The van der Waals surface area contributed by atoms with E-state index in [1.807, 2.05) is 12.1 Å². The van der Waals surface area contributed by atoms with Crippen molar-refractivity contribution in [1.29, 1.82) is 0 Å². The van der Waals surface area contributed by atoms with Crippen LogP contribution in [0, 0.1) is 0 Å². The molecule has 32 heavy (non-hydrogen) atoms. The molecule has 8 nitrogen and oxygen atoms in total. The van der Waals surface area contributed by atoms with Gasteiger partial charge in [-0.2, -0.15) is 8.78 Å². The minimum absolute atomic E-state index is 0.0225. The molecule has 1 saturated carbocycles. The number of pyridine rings is 1. The quantitative estimate of drug-likeness (QED) is 0.471. The molecule has 2 aromatic rings. The summed E-state index contributed by atoms with van der Waals surface area (Å²) < 4.78 is 46.7. The number of hydrogen-bond donors (Lipinski definition) is 2. The van der Waals surface area contributed by atoms with Crippen molar-refractivity contribution in [1.82, 2.24) is 15.6 Å². The molecule has 0 unspecified atom stereocenters. The van der Waals surface area contributed by atoms with E-state index in [0.29, 0.717) is 35.4 Å². The maximum atomic E-state index is 12.8. The van der Waals surface area contributed by atoms with Gasteiger partial charge in [-0.3, -0.25) is 4.99 Å². The number of nitrogens with zero attached hydrogens (tertiary/aromatic N) is 2. The Morgan fingerprint density at radius 2 is 1.91 bits per heavy atom. The standard InChI is InChI=1S/C22H26F2N4O4/c1-25-22(27-11-14-6-7-20(26-10-14)31-16-4-2-3-5-16)28-12-15-8-18-19(30-13-29-18)9-17(15)32-21(23)24/h6-10,16,21H,2-5,11-13H2,1H3,(H2,25,27,28). The number of nitrogens with one attached hydrogen (secondary N) is 2. The molecular weight excluding hydrogens is 422 g/mol. The molecule has 1 aliphatic heterocycles. The normalized spacial score (nSPS) is 15.8. The zero-order valence-electron chi connectivity index (χ0n) is 17.8. The molecule has 2 aliphatic rings. The van der Waals surface area contributed by atoms with Crippen LogP contribution in [-0.2, 0) is 13.1 Å². The number of aromatic nitrogens is 1. The van der Waals surface area contributed by atoms with Gasteiger partial charge in [0.25, 0.3) is 0 Å². The highest BCUT2D eigenvalue weighted by atomic mass is 19.3. The predicted molar refractivity (Wildman–Crippen MR) is 113 cm³/mol. The molecule has 0 amide bonds. The fraction of sp³-hybridized carbons (Fsp3) is 0.455. The number of alkyl halides is 2. The monoisotopic (exact) mass is 448 g/mol. The van der Waals surface area contributed by atoms with Crippen molar-refractivity contribution in [2.75, 3.05) is 13.8 Å². The largest absolute Gasteiger partial charge is 0.474 e. The topological polar surface area (TPSA) is 86.2 Å². The second-order valence-corrected chi connectivity index (χ2v) is 7.50. The molecule has 2 N–H and O–H groups in total. The number of ether oxygens (including phenoxy) is 4. The lowest BCUT2D eigenvalue weighted by molar-refractivity contribution is -0.0505. The van der Waals surface area contributed by atoms with Crippen LogP contribution in [0.25, 0.3) is 0 Å². The van der Waals surface area contributed by atoms with Crippen LogP contribution in [-0.4, -0.2) is 37.5 Å². The third-order valence-corrected chi connectivity index (χ3v) is 5.29. The van der Waals surface area contributed by atoms with Crippen molar-refractivity contribution in [2.45, 2.75) is 51.5 Å². The van der Waals surface area contributed by atoms with Crippen LogP contribution < -0.4 is 29.6 Å². The van der Waals surface area contributed by atoms with Crippen molar-refractivity contribution in [3.63, 3.8) is 0 Å². The predicted octanol–water partition coefficient (Wildman–Crippen LogP) is 3.60. The molecule has 10 heteroatoms. The minimum Gasteiger partial charge on any atom is -0.474 e.